The lowest BCUT2D eigenvalue weighted by Gasteiger charge is -2.34. The van der Waals surface area contributed by atoms with Crippen molar-refractivity contribution in [2.45, 2.75) is 13.0 Å². The zero-order valence-electron chi connectivity index (χ0n) is 12.5. The smallest absolute Gasteiger partial charge is 0.272 e. The van der Waals surface area contributed by atoms with Crippen molar-refractivity contribution in [2.24, 2.45) is 0 Å². The van der Waals surface area contributed by atoms with Gasteiger partial charge in [0.15, 0.2) is 0 Å². The van der Waals surface area contributed by atoms with Crippen LogP contribution in [0.15, 0.2) is 35.7 Å². The molecular weight excluding hydrogens is 298 g/mol. The molecule has 6 heteroatoms. The Morgan fingerprint density at radius 2 is 2.09 bits per heavy atom. The molecule has 0 aliphatic carbocycles. The maximum Gasteiger partial charge on any atom is 0.272 e. The van der Waals surface area contributed by atoms with E-state index in [1.54, 1.807) is 24.3 Å². The molecule has 0 radical (unpaired) electrons. The first-order chi connectivity index (χ1) is 10.7. The first-order valence-corrected chi connectivity index (χ1v) is 8.28. The van der Waals surface area contributed by atoms with Gasteiger partial charge < -0.3 is 5.32 Å². The standard InChI is InChI=1S/C16H19N3O2S/c1-12-4-5-13(11-14(12)19(20)21)16(15-3-2-10-22-15)18-8-6-17-7-9-18/h2-5,10-11,16-17H,6-9H2,1H3/t16-/m1/s1. The molecule has 1 fully saturated rings. The predicted octanol–water partition coefficient (Wildman–Crippen LogP) is 2.96. The first-order valence-electron chi connectivity index (χ1n) is 7.40. The van der Waals surface area contributed by atoms with Crippen molar-refractivity contribution in [1.82, 2.24) is 10.2 Å². The van der Waals surface area contributed by atoms with Crippen LogP contribution in [-0.2, 0) is 0 Å². The van der Waals surface area contributed by atoms with Gasteiger partial charge in [-0.05, 0) is 23.9 Å². The summed E-state index contributed by atoms with van der Waals surface area (Å²) in [7, 11) is 0. The SMILES string of the molecule is Cc1ccc([C@H](c2cccs2)N2CCNCC2)cc1[N+](=O)[O-]. The monoisotopic (exact) mass is 317 g/mol. The first kappa shape index (κ1) is 15.1. The Labute approximate surface area is 133 Å². The Morgan fingerprint density at radius 1 is 1.32 bits per heavy atom. The summed E-state index contributed by atoms with van der Waals surface area (Å²) < 4.78 is 0. The fourth-order valence-corrected chi connectivity index (χ4v) is 3.82. The van der Waals surface area contributed by atoms with Crippen molar-refractivity contribution in [1.29, 1.82) is 0 Å². The Morgan fingerprint density at radius 3 is 2.73 bits per heavy atom. The second kappa shape index (κ2) is 6.56. The van der Waals surface area contributed by atoms with Crippen molar-refractivity contribution in [3.05, 3.63) is 61.8 Å². The average molecular weight is 317 g/mol. The molecule has 0 unspecified atom stereocenters. The van der Waals surface area contributed by atoms with E-state index >= 15 is 0 Å². The number of nitrogens with one attached hydrogen (secondary N) is 1. The highest BCUT2D eigenvalue weighted by Crippen LogP contribution is 2.34. The van der Waals surface area contributed by atoms with Gasteiger partial charge in [-0.2, -0.15) is 0 Å². The Balaban J connectivity index is 2.02. The third-order valence-electron chi connectivity index (χ3n) is 4.08. The average Bonchev–Trinajstić information content (AvgIpc) is 3.04. The van der Waals surface area contributed by atoms with Crippen LogP contribution in [0.2, 0.25) is 0 Å². The summed E-state index contributed by atoms with van der Waals surface area (Å²) in [5.41, 5.74) is 1.91. The third-order valence-corrected chi connectivity index (χ3v) is 5.00. The zero-order valence-corrected chi connectivity index (χ0v) is 13.3. The summed E-state index contributed by atoms with van der Waals surface area (Å²) in [6, 6.07) is 9.87. The van der Waals surface area contributed by atoms with Gasteiger partial charge in [-0.3, -0.25) is 15.0 Å². The highest BCUT2D eigenvalue weighted by atomic mass is 32.1. The predicted molar refractivity (Wildman–Crippen MR) is 88.4 cm³/mol. The topological polar surface area (TPSA) is 58.4 Å². The molecule has 1 saturated heterocycles. The normalized spacial score (nSPS) is 17.3. The number of piperazine rings is 1. The molecule has 1 aromatic heterocycles. The van der Waals surface area contributed by atoms with E-state index in [4.69, 9.17) is 0 Å². The zero-order chi connectivity index (χ0) is 15.5. The van der Waals surface area contributed by atoms with Crippen LogP contribution in [0.4, 0.5) is 5.69 Å². The molecule has 1 N–H and O–H groups in total. The Bertz CT molecular complexity index is 651. The van der Waals surface area contributed by atoms with Crippen molar-refractivity contribution in [2.75, 3.05) is 26.2 Å². The van der Waals surface area contributed by atoms with E-state index in [2.05, 4.69) is 21.7 Å². The second-order valence-electron chi connectivity index (χ2n) is 5.51. The van der Waals surface area contributed by atoms with E-state index in [1.807, 2.05) is 18.2 Å². The molecule has 116 valence electrons. The largest absolute Gasteiger partial charge is 0.314 e. The van der Waals surface area contributed by atoms with Crippen LogP contribution < -0.4 is 5.32 Å². The van der Waals surface area contributed by atoms with Gasteiger partial charge in [0.1, 0.15) is 0 Å². The summed E-state index contributed by atoms with van der Waals surface area (Å²) in [5, 5.41) is 16.7. The number of rotatable bonds is 4. The van der Waals surface area contributed by atoms with E-state index < -0.39 is 0 Å². The van der Waals surface area contributed by atoms with Crippen molar-refractivity contribution < 1.29 is 4.92 Å². The van der Waals surface area contributed by atoms with E-state index in [1.165, 1.54) is 4.88 Å². The van der Waals surface area contributed by atoms with Gasteiger partial charge >= 0.3 is 0 Å². The summed E-state index contributed by atoms with van der Waals surface area (Å²) >= 11 is 1.71. The third kappa shape index (κ3) is 3.04. The molecule has 0 saturated carbocycles. The fourth-order valence-electron chi connectivity index (χ4n) is 2.94. The molecule has 1 aromatic carbocycles. The van der Waals surface area contributed by atoms with Crippen molar-refractivity contribution in [3.8, 4) is 0 Å². The lowest BCUT2D eigenvalue weighted by molar-refractivity contribution is -0.385. The van der Waals surface area contributed by atoms with Crippen LogP contribution in [0, 0.1) is 17.0 Å². The molecule has 0 bridgehead atoms. The van der Waals surface area contributed by atoms with Gasteiger partial charge in [-0.15, -0.1) is 11.3 Å². The lowest BCUT2D eigenvalue weighted by atomic mass is 10.00. The van der Waals surface area contributed by atoms with E-state index in [9.17, 15) is 10.1 Å². The van der Waals surface area contributed by atoms with Gasteiger partial charge in [0.05, 0.1) is 11.0 Å². The second-order valence-corrected chi connectivity index (χ2v) is 6.49. The maximum atomic E-state index is 11.2. The Kier molecular flexibility index (Phi) is 4.52. The van der Waals surface area contributed by atoms with Gasteiger partial charge in [0.25, 0.3) is 5.69 Å². The van der Waals surface area contributed by atoms with Gasteiger partial charge in [0.2, 0.25) is 0 Å². The number of benzene rings is 1. The van der Waals surface area contributed by atoms with E-state index in [0.29, 0.717) is 5.56 Å². The van der Waals surface area contributed by atoms with Gasteiger partial charge in [0, 0.05) is 42.7 Å². The summed E-state index contributed by atoms with van der Waals surface area (Å²) in [5.74, 6) is 0. The number of hydrogen-bond acceptors (Lipinski definition) is 5. The minimum absolute atomic E-state index is 0.0985. The van der Waals surface area contributed by atoms with E-state index in [0.717, 1.165) is 31.7 Å². The summed E-state index contributed by atoms with van der Waals surface area (Å²) in [6.07, 6.45) is 0. The van der Waals surface area contributed by atoms with Crippen LogP contribution >= 0.6 is 11.3 Å². The molecule has 2 heterocycles. The van der Waals surface area contributed by atoms with Crippen LogP contribution in [0.1, 0.15) is 22.0 Å². The van der Waals surface area contributed by atoms with Gasteiger partial charge in [-0.1, -0.05) is 18.2 Å². The highest BCUT2D eigenvalue weighted by molar-refractivity contribution is 7.10. The number of nitro groups is 1. The fraction of sp³-hybridized carbons (Fsp3) is 0.375. The molecule has 5 nitrogen and oxygen atoms in total. The van der Waals surface area contributed by atoms with E-state index in [-0.39, 0.29) is 16.7 Å². The van der Waals surface area contributed by atoms with Crippen molar-refractivity contribution in [3.63, 3.8) is 0 Å². The molecule has 0 amide bonds. The molecule has 1 atom stereocenters. The Hall–Kier alpha value is -1.76. The van der Waals surface area contributed by atoms with Crippen LogP contribution in [0.25, 0.3) is 0 Å². The maximum absolute atomic E-state index is 11.2. The minimum Gasteiger partial charge on any atom is -0.314 e. The number of nitro benzene ring substituents is 1. The molecule has 3 rings (SSSR count). The molecular formula is C16H19N3O2S. The van der Waals surface area contributed by atoms with Gasteiger partial charge in [-0.25, -0.2) is 0 Å². The summed E-state index contributed by atoms with van der Waals surface area (Å²) in [6.45, 7) is 5.59. The molecule has 1 aliphatic rings. The van der Waals surface area contributed by atoms with Crippen LogP contribution in [-0.4, -0.2) is 36.0 Å². The van der Waals surface area contributed by atoms with Crippen LogP contribution in [0.5, 0.6) is 0 Å². The number of hydrogen-bond donors (Lipinski definition) is 1. The highest BCUT2D eigenvalue weighted by Gasteiger charge is 2.26. The van der Waals surface area contributed by atoms with Crippen molar-refractivity contribution >= 4 is 17.0 Å². The number of aryl methyl sites for hydroxylation is 1. The summed E-state index contributed by atoms with van der Waals surface area (Å²) in [4.78, 5) is 14.6. The molecule has 22 heavy (non-hydrogen) atoms. The quantitative estimate of drug-likeness (QED) is 0.696. The number of thiophene rings is 1. The molecule has 1 aliphatic heterocycles. The molecule has 2 aromatic rings. The van der Waals surface area contributed by atoms with Crippen LogP contribution in [0.3, 0.4) is 0 Å². The minimum atomic E-state index is -0.290. The lowest BCUT2D eigenvalue weighted by Crippen LogP contribution is -2.45. The molecule has 0 spiro atoms. The number of nitrogens with zero attached hydrogens (tertiary/aromatic N) is 2.